The number of rotatable bonds is 1. The molecule has 2 unspecified atom stereocenters. The molecule has 5 heteroatoms. The lowest BCUT2D eigenvalue weighted by molar-refractivity contribution is 0.604. The molecule has 0 saturated carbocycles. The minimum absolute atomic E-state index is 0.266. The Morgan fingerprint density at radius 3 is 2.87 bits per heavy atom. The Balaban J connectivity index is 2.29. The van der Waals surface area contributed by atoms with Crippen molar-refractivity contribution in [2.24, 2.45) is 0 Å². The van der Waals surface area contributed by atoms with E-state index in [0.717, 1.165) is 13.0 Å². The second kappa shape index (κ2) is 4.37. The lowest BCUT2D eigenvalue weighted by atomic mass is 10.2. The van der Waals surface area contributed by atoms with E-state index in [1.165, 1.54) is 6.07 Å². The van der Waals surface area contributed by atoms with Crippen LogP contribution in [0.15, 0.2) is 16.7 Å². The number of hydrogen-bond donors (Lipinski definition) is 0. The molecule has 0 bridgehead atoms. The molecular weight excluding hydrogens is 327 g/mol. The van der Waals surface area contributed by atoms with E-state index >= 15 is 0 Å². The maximum atomic E-state index is 13.7. The van der Waals surface area contributed by atoms with Gasteiger partial charge < -0.3 is 4.90 Å². The van der Waals surface area contributed by atoms with Crippen molar-refractivity contribution in [2.75, 3.05) is 11.4 Å². The topological polar surface area (TPSA) is 16.1 Å². The molecule has 1 aliphatic rings. The minimum Gasteiger partial charge on any atom is -0.350 e. The zero-order valence-electron chi connectivity index (χ0n) is 8.25. The Kier molecular flexibility index (Phi) is 3.30. The van der Waals surface area contributed by atoms with Crippen LogP contribution in [0.3, 0.4) is 0 Å². The molecule has 0 amide bonds. The largest absolute Gasteiger partial charge is 0.350 e. The number of halogens is 3. The first-order valence-electron chi connectivity index (χ1n) is 4.79. The molecule has 0 N–H and O–H groups in total. The van der Waals surface area contributed by atoms with Crippen LogP contribution in [0.25, 0.3) is 0 Å². The standard InChI is InChI=1S/C10H11Br2FN2/c1-6-2-8(12)5-15(6)10-9(13)3-7(11)4-14-10/h3-4,6,8H,2,5H2,1H3. The molecular formula is C10H11Br2FN2. The summed E-state index contributed by atoms with van der Waals surface area (Å²) in [6, 6.07) is 1.79. The second-order valence-corrected chi connectivity index (χ2v) is 6.00. The Bertz CT molecular complexity index is 372. The molecule has 1 aliphatic heterocycles. The summed E-state index contributed by atoms with van der Waals surface area (Å²) < 4.78 is 14.3. The van der Waals surface area contributed by atoms with Gasteiger partial charge in [-0.2, -0.15) is 0 Å². The first kappa shape index (κ1) is 11.3. The molecule has 1 saturated heterocycles. The maximum absolute atomic E-state index is 13.7. The van der Waals surface area contributed by atoms with Crippen molar-refractivity contribution in [2.45, 2.75) is 24.2 Å². The molecule has 2 heterocycles. The third kappa shape index (κ3) is 2.33. The highest BCUT2D eigenvalue weighted by Gasteiger charge is 2.29. The molecule has 1 aromatic rings. The van der Waals surface area contributed by atoms with Crippen LogP contribution < -0.4 is 4.90 Å². The molecule has 0 radical (unpaired) electrons. The monoisotopic (exact) mass is 336 g/mol. The summed E-state index contributed by atoms with van der Waals surface area (Å²) in [6.45, 7) is 2.90. The van der Waals surface area contributed by atoms with E-state index in [4.69, 9.17) is 0 Å². The third-order valence-corrected chi connectivity index (χ3v) is 3.68. The molecule has 0 aromatic carbocycles. The van der Waals surface area contributed by atoms with Crippen LogP contribution in [0.2, 0.25) is 0 Å². The highest BCUT2D eigenvalue weighted by Crippen LogP contribution is 2.30. The normalized spacial score (nSPS) is 26.0. The van der Waals surface area contributed by atoms with Crippen molar-refractivity contribution in [3.05, 3.63) is 22.6 Å². The number of hydrogen-bond acceptors (Lipinski definition) is 2. The highest BCUT2D eigenvalue weighted by molar-refractivity contribution is 9.10. The van der Waals surface area contributed by atoms with Gasteiger partial charge in [0.2, 0.25) is 0 Å². The Hall–Kier alpha value is -0.160. The summed E-state index contributed by atoms with van der Waals surface area (Å²) in [5.41, 5.74) is 0. The van der Waals surface area contributed by atoms with Crippen molar-refractivity contribution in [3.63, 3.8) is 0 Å². The highest BCUT2D eigenvalue weighted by atomic mass is 79.9. The predicted molar refractivity (Wildman–Crippen MR) is 66.0 cm³/mol. The van der Waals surface area contributed by atoms with Gasteiger partial charge in [0.25, 0.3) is 0 Å². The molecule has 82 valence electrons. The number of anilines is 1. The first-order chi connectivity index (χ1) is 7.08. The van der Waals surface area contributed by atoms with Crippen LogP contribution in [-0.4, -0.2) is 22.4 Å². The van der Waals surface area contributed by atoms with E-state index in [0.29, 0.717) is 21.2 Å². The van der Waals surface area contributed by atoms with Gasteiger partial charge in [-0.05, 0) is 35.3 Å². The van der Waals surface area contributed by atoms with E-state index < -0.39 is 0 Å². The SMILES string of the molecule is CC1CC(Br)CN1c1ncc(Br)cc1F. The zero-order valence-corrected chi connectivity index (χ0v) is 11.4. The Morgan fingerprint density at radius 2 is 2.33 bits per heavy atom. The van der Waals surface area contributed by atoms with Gasteiger partial charge in [0.15, 0.2) is 11.6 Å². The van der Waals surface area contributed by atoms with Crippen LogP contribution in [0.1, 0.15) is 13.3 Å². The van der Waals surface area contributed by atoms with Gasteiger partial charge in [-0.1, -0.05) is 15.9 Å². The molecule has 2 nitrogen and oxygen atoms in total. The van der Waals surface area contributed by atoms with E-state index in [-0.39, 0.29) is 5.82 Å². The van der Waals surface area contributed by atoms with Gasteiger partial charge >= 0.3 is 0 Å². The van der Waals surface area contributed by atoms with Gasteiger partial charge in [0, 0.05) is 28.1 Å². The van der Waals surface area contributed by atoms with Gasteiger partial charge in [-0.25, -0.2) is 9.37 Å². The summed E-state index contributed by atoms with van der Waals surface area (Å²) in [5, 5.41) is 0. The van der Waals surface area contributed by atoms with E-state index in [9.17, 15) is 4.39 Å². The van der Waals surface area contributed by atoms with Crippen molar-refractivity contribution >= 4 is 37.7 Å². The molecule has 2 atom stereocenters. The average molecular weight is 338 g/mol. The van der Waals surface area contributed by atoms with E-state index in [2.05, 4.69) is 43.8 Å². The summed E-state index contributed by atoms with van der Waals surface area (Å²) in [4.78, 5) is 6.56. The fourth-order valence-corrected chi connectivity index (χ4v) is 3.04. The number of alkyl halides is 1. The van der Waals surface area contributed by atoms with Crippen LogP contribution >= 0.6 is 31.9 Å². The Morgan fingerprint density at radius 1 is 1.60 bits per heavy atom. The fourth-order valence-electron chi connectivity index (χ4n) is 1.88. The molecule has 1 aromatic heterocycles. The maximum Gasteiger partial charge on any atom is 0.166 e. The van der Waals surface area contributed by atoms with Crippen molar-refractivity contribution < 1.29 is 4.39 Å². The summed E-state index contributed by atoms with van der Waals surface area (Å²) in [5.74, 6) is 0.186. The van der Waals surface area contributed by atoms with Crippen LogP contribution in [0, 0.1) is 5.82 Å². The van der Waals surface area contributed by atoms with Crippen LogP contribution in [0.5, 0.6) is 0 Å². The summed E-state index contributed by atoms with van der Waals surface area (Å²) >= 11 is 6.76. The first-order valence-corrected chi connectivity index (χ1v) is 6.50. The van der Waals surface area contributed by atoms with Crippen molar-refractivity contribution in [1.82, 2.24) is 4.98 Å². The smallest absolute Gasteiger partial charge is 0.166 e. The number of aromatic nitrogens is 1. The molecule has 0 aliphatic carbocycles. The average Bonchev–Trinajstić information content (AvgIpc) is 2.45. The van der Waals surface area contributed by atoms with Gasteiger partial charge in [0.1, 0.15) is 0 Å². The number of pyridine rings is 1. The van der Waals surface area contributed by atoms with Crippen molar-refractivity contribution in [1.29, 1.82) is 0 Å². The van der Waals surface area contributed by atoms with E-state index in [1.54, 1.807) is 6.20 Å². The molecule has 0 spiro atoms. The summed E-state index contributed by atoms with van der Waals surface area (Å²) in [6.07, 6.45) is 2.66. The second-order valence-electron chi connectivity index (χ2n) is 3.79. The fraction of sp³-hybridized carbons (Fsp3) is 0.500. The van der Waals surface area contributed by atoms with E-state index in [1.807, 2.05) is 4.90 Å². The molecule has 2 rings (SSSR count). The third-order valence-electron chi connectivity index (χ3n) is 2.58. The van der Waals surface area contributed by atoms with Gasteiger partial charge in [0.05, 0.1) is 0 Å². The quantitative estimate of drug-likeness (QED) is 0.731. The lowest BCUT2D eigenvalue weighted by Gasteiger charge is -2.22. The molecule has 1 fully saturated rings. The predicted octanol–water partition coefficient (Wildman–Crippen LogP) is 3.35. The number of nitrogens with zero attached hydrogens (tertiary/aromatic N) is 2. The van der Waals surface area contributed by atoms with Gasteiger partial charge in [-0.15, -0.1) is 0 Å². The molecule has 15 heavy (non-hydrogen) atoms. The van der Waals surface area contributed by atoms with Crippen molar-refractivity contribution in [3.8, 4) is 0 Å². The van der Waals surface area contributed by atoms with Gasteiger partial charge in [-0.3, -0.25) is 0 Å². The van der Waals surface area contributed by atoms with Crippen LogP contribution in [0.4, 0.5) is 10.2 Å². The summed E-state index contributed by atoms with van der Waals surface area (Å²) in [7, 11) is 0. The zero-order chi connectivity index (χ0) is 11.0. The minimum atomic E-state index is -0.266. The lowest BCUT2D eigenvalue weighted by Crippen LogP contribution is -2.28. The van der Waals surface area contributed by atoms with Crippen LogP contribution in [-0.2, 0) is 0 Å². The Labute approximate surface area is 105 Å².